The van der Waals surface area contributed by atoms with E-state index in [1.165, 1.54) is 0 Å². The van der Waals surface area contributed by atoms with Gasteiger partial charge in [0.25, 0.3) is 0 Å². The van der Waals surface area contributed by atoms with Crippen molar-refractivity contribution in [3.8, 4) is 5.88 Å². The van der Waals surface area contributed by atoms with E-state index in [0.717, 1.165) is 16.2 Å². The third kappa shape index (κ3) is 4.79. The molecule has 0 spiro atoms. The molecule has 0 aromatic carbocycles. The molecule has 32 heavy (non-hydrogen) atoms. The SMILES string of the molecule is COc1ccc2c(n1)C[C@@H]1C[C@@]2(C)C=C(N(C(=O)OC(C)(C)C)C(=O)OC(C)(C)C)C1=O. The smallest absolute Gasteiger partial charge is 0.424 e. The molecule has 2 amide bonds. The molecule has 1 aromatic rings. The summed E-state index contributed by atoms with van der Waals surface area (Å²) in [6, 6.07) is 3.69. The van der Waals surface area contributed by atoms with Crippen molar-refractivity contribution >= 4 is 18.0 Å². The van der Waals surface area contributed by atoms with E-state index >= 15 is 0 Å². The number of methoxy groups -OCH3 is 1. The molecular weight excluding hydrogens is 412 g/mol. The second kappa shape index (κ2) is 7.90. The standard InChI is InChI=1S/C24H32N2O6/c1-22(2,3)31-20(28)26(21(29)32-23(4,5)6)17-13-24(7)12-14(19(17)27)11-16-15(24)9-10-18(25-16)30-8/h9-10,13-14H,11-12H2,1-8H3/t14-,24+/m1/s1. The summed E-state index contributed by atoms with van der Waals surface area (Å²) in [7, 11) is 1.54. The molecule has 2 atom stereocenters. The van der Waals surface area contributed by atoms with Gasteiger partial charge in [-0.05, 0) is 59.6 Å². The van der Waals surface area contributed by atoms with E-state index in [1.54, 1.807) is 60.8 Å². The zero-order valence-corrected chi connectivity index (χ0v) is 20.1. The summed E-state index contributed by atoms with van der Waals surface area (Å²) < 4.78 is 16.1. The molecule has 1 heterocycles. The first kappa shape index (κ1) is 23.8. The van der Waals surface area contributed by atoms with Crippen molar-refractivity contribution in [2.45, 2.75) is 77.9 Å². The van der Waals surface area contributed by atoms with Crippen LogP contribution in [-0.2, 0) is 26.1 Å². The Morgan fingerprint density at radius 2 is 1.62 bits per heavy atom. The van der Waals surface area contributed by atoms with Gasteiger partial charge in [-0.25, -0.2) is 14.6 Å². The summed E-state index contributed by atoms with van der Waals surface area (Å²) in [5.41, 5.74) is -0.608. The number of Topliss-reactive ketones (excluding diaryl/α,β-unsaturated/α-hetero) is 1. The van der Waals surface area contributed by atoms with E-state index < -0.39 is 34.7 Å². The van der Waals surface area contributed by atoms with Gasteiger partial charge in [-0.15, -0.1) is 0 Å². The number of rotatable bonds is 2. The average molecular weight is 445 g/mol. The topological polar surface area (TPSA) is 95.0 Å². The van der Waals surface area contributed by atoms with Crippen LogP contribution >= 0.6 is 0 Å². The molecule has 8 heteroatoms. The number of aromatic nitrogens is 1. The zero-order chi connectivity index (χ0) is 24.1. The molecule has 0 saturated carbocycles. The molecule has 1 aromatic heterocycles. The molecule has 174 valence electrons. The fourth-order valence-corrected chi connectivity index (χ4v) is 4.16. The second-order valence-corrected chi connectivity index (χ2v) is 10.6. The number of imide groups is 1. The van der Waals surface area contributed by atoms with Crippen molar-refractivity contribution in [2.75, 3.05) is 7.11 Å². The Balaban J connectivity index is 2.10. The summed E-state index contributed by atoms with van der Waals surface area (Å²) >= 11 is 0. The number of carbonyl (C=O) groups is 3. The van der Waals surface area contributed by atoms with Crippen LogP contribution in [-0.4, -0.2) is 46.2 Å². The van der Waals surface area contributed by atoms with Crippen LogP contribution in [0, 0.1) is 5.92 Å². The Labute approximate surface area is 188 Å². The number of hydrogen-bond acceptors (Lipinski definition) is 7. The molecule has 2 bridgehead atoms. The van der Waals surface area contributed by atoms with Gasteiger partial charge in [0.05, 0.1) is 12.8 Å². The van der Waals surface area contributed by atoms with Crippen molar-refractivity contribution in [1.82, 2.24) is 9.88 Å². The normalized spacial score (nSPS) is 22.4. The van der Waals surface area contributed by atoms with Crippen LogP contribution in [0.5, 0.6) is 5.88 Å². The number of carbonyl (C=O) groups excluding carboxylic acids is 3. The van der Waals surface area contributed by atoms with Crippen LogP contribution in [0.2, 0.25) is 0 Å². The largest absolute Gasteiger partial charge is 0.481 e. The van der Waals surface area contributed by atoms with Gasteiger partial charge < -0.3 is 14.2 Å². The Bertz CT molecular complexity index is 957. The average Bonchev–Trinajstić information content (AvgIpc) is 2.62. The monoisotopic (exact) mass is 444 g/mol. The third-order valence-corrected chi connectivity index (χ3v) is 5.35. The van der Waals surface area contributed by atoms with Gasteiger partial charge in [0.15, 0.2) is 5.78 Å². The van der Waals surface area contributed by atoms with Crippen molar-refractivity contribution < 1.29 is 28.6 Å². The number of amides is 2. The van der Waals surface area contributed by atoms with Crippen molar-refractivity contribution in [3.05, 3.63) is 35.2 Å². The van der Waals surface area contributed by atoms with Crippen LogP contribution in [0.1, 0.15) is 66.1 Å². The van der Waals surface area contributed by atoms with Gasteiger partial charge in [-0.3, -0.25) is 4.79 Å². The van der Waals surface area contributed by atoms with Crippen LogP contribution in [0.4, 0.5) is 9.59 Å². The zero-order valence-electron chi connectivity index (χ0n) is 20.1. The van der Waals surface area contributed by atoms with E-state index in [0.29, 0.717) is 18.7 Å². The molecule has 3 rings (SSSR count). The molecular formula is C24H32N2O6. The lowest BCUT2D eigenvalue weighted by Crippen LogP contribution is -2.49. The molecule has 0 radical (unpaired) electrons. The number of ketones is 1. The molecule has 0 N–H and O–H groups in total. The highest BCUT2D eigenvalue weighted by atomic mass is 16.6. The van der Waals surface area contributed by atoms with Crippen molar-refractivity contribution in [2.24, 2.45) is 5.92 Å². The Hall–Kier alpha value is -2.90. The van der Waals surface area contributed by atoms with Gasteiger partial charge in [-0.2, -0.15) is 4.90 Å². The summed E-state index contributed by atoms with van der Waals surface area (Å²) in [6.07, 6.45) is 0.749. The van der Waals surface area contributed by atoms with Gasteiger partial charge in [0, 0.05) is 29.5 Å². The van der Waals surface area contributed by atoms with Crippen molar-refractivity contribution in [3.63, 3.8) is 0 Å². The van der Waals surface area contributed by atoms with E-state index in [1.807, 2.05) is 13.0 Å². The Morgan fingerprint density at radius 1 is 1.06 bits per heavy atom. The first-order chi connectivity index (χ1) is 14.6. The number of nitrogens with zero attached hydrogens (tertiary/aromatic N) is 2. The predicted molar refractivity (Wildman–Crippen MR) is 117 cm³/mol. The molecule has 0 unspecified atom stereocenters. The van der Waals surface area contributed by atoms with Crippen LogP contribution < -0.4 is 4.74 Å². The molecule has 0 aliphatic heterocycles. The molecule has 2 aliphatic carbocycles. The summed E-state index contributed by atoms with van der Waals surface area (Å²) in [6.45, 7) is 12.1. The maximum atomic E-state index is 13.4. The van der Waals surface area contributed by atoms with Crippen molar-refractivity contribution in [1.29, 1.82) is 0 Å². The van der Waals surface area contributed by atoms with Crippen LogP contribution in [0.3, 0.4) is 0 Å². The minimum absolute atomic E-state index is 0.0197. The molecule has 2 aliphatic rings. The summed E-state index contributed by atoms with van der Waals surface area (Å²) in [4.78, 5) is 44.8. The number of ether oxygens (including phenoxy) is 3. The van der Waals surface area contributed by atoms with Crippen LogP contribution in [0.25, 0.3) is 0 Å². The van der Waals surface area contributed by atoms with E-state index in [4.69, 9.17) is 14.2 Å². The van der Waals surface area contributed by atoms with Crippen LogP contribution in [0.15, 0.2) is 23.9 Å². The first-order valence-corrected chi connectivity index (χ1v) is 10.7. The van der Waals surface area contributed by atoms with Gasteiger partial charge >= 0.3 is 12.2 Å². The fourth-order valence-electron chi connectivity index (χ4n) is 4.16. The molecule has 8 nitrogen and oxygen atoms in total. The number of allylic oxidation sites excluding steroid dienone is 2. The lowest BCUT2D eigenvalue weighted by molar-refractivity contribution is -0.122. The first-order valence-electron chi connectivity index (χ1n) is 10.7. The molecule has 0 saturated heterocycles. The highest BCUT2D eigenvalue weighted by Gasteiger charge is 2.48. The van der Waals surface area contributed by atoms with Gasteiger partial charge in [0.2, 0.25) is 5.88 Å². The fraction of sp³-hybridized carbons (Fsp3) is 0.583. The number of fused-ring (bicyclic) bond motifs is 4. The Morgan fingerprint density at radius 3 is 2.12 bits per heavy atom. The second-order valence-electron chi connectivity index (χ2n) is 10.6. The molecule has 0 fully saturated rings. The maximum Gasteiger partial charge on any atom is 0.424 e. The maximum absolute atomic E-state index is 13.4. The minimum Gasteiger partial charge on any atom is -0.481 e. The highest BCUT2D eigenvalue weighted by Crippen LogP contribution is 2.46. The summed E-state index contributed by atoms with van der Waals surface area (Å²) in [5, 5.41) is 0. The lowest BCUT2D eigenvalue weighted by atomic mass is 9.63. The van der Waals surface area contributed by atoms with Gasteiger partial charge in [0.1, 0.15) is 11.2 Å². The quantitative estimate of drug-likeness (QED) is 0.660. The third-order valence-electron chi connectivity index (χ3n) is 5.35. The van der Waals surface area contributed by atoms with E-state index in [9.17, 15) is 14.4 Å². The van der Waals surface area contributed by atoms with Gasteiger partial charge in [-0.1, -0.05) is 13.0 Å². The number of hydrogen-bond donors (Lipinski definition) is 0. The summed E-state index contributed by atoms with van der Waals surface area (Å²) in [5.74, 6) is -0.262. The lowest BCUT2D eigenvalue weighted by Gasteiger charge is -2.42. The van der Waals surface area contributed by atoms with E-state index in [-0.39, 0.29) is 11.5 Å². The number of pyridine rings is 1. The minimum atomic E-state index is -0.942. The Kier molecular flexibility index (Phi) is 5.87. The highest BCUT2D eigenvalue weighted by molar-refractivity contribution is 6.06. The van der Waals surface area contributed by atoms with E-state index in [2.05, 4.69) is 4.98 Å². The predicted octanol–water partition coefficient (Wildman–Crippen LogP) is 4.55.